The topological polar surface area (TPSA) is 32.3 Å². The number of carbonyl (C=O) groups is 1. The van der Waals surface area contributed by atoms with Crippen molar-refractivity contribution < 1.29 is 9.18 Å². The molecule has 1 unspecified atom stereocenters. The number of hydrogen-bond donors (Lipinski definition) is 1. The molecular formula is C21H33FN2O. The maximum absolute atomic E-state index is 13.6. The van der Waals surface area contributed by atoms with Gasteiger partial charge in [0, 0.05) is 18.5 Å². The van der Waals surface area contributed by atoms with Gasteiger partial charge in [0.25, 0.3) is 0 Å². The summed E-state index contributed by atoms with van der Waals surface area (Å²) in [5.41, 5.74) is 1.07. The third kappa shape index (κ3) is 6.10. The van der Waals surface area contributed by atoms with Crippen LogP contribution in [-0.4, -0.2) is 30.9 Å². The molecule has 0 saturated heterocycles. The number of nitrogens with zero attached hydrogens (tertiary/aromatic N) is 1. The lowest BCUT2D eigenvalue weighted by Crippen LogP contribution is -2.40. The van der Waals surface area contributed by atoms with Gasteiger partial charge in [-0.25, -0.2) is 4.39 Å². The smallest absolute Gasteiger partial charge is 0.220 e. The van der Waals surface area contributed by atoms with Crippen molar-refractivity contribution in [3.8, 4) is 0 Å². The molecule has 4 heteroatoms. The summed E-state index contributed by atoms with van der Waals surface area (Å²) in [5.74, 6) is 0.477. The summed E-state index contributed by atoms with van der Waals surface area (Å²) in [7, 11) is 4.12. The van der Waals surface area contributed by atoms with Crippen LogP contribution >= 0.6 is 0 Å². The summed E-state index contributed by atoms with van der Waals surface area (Å²) < 4.78 is 13.6. The molecule has 1 fully saturated rings. The van der Waals surface area contributed by atoms with E-state index in [9.17, 15) is 9.18 Å². The van der Waals surface area contributed by atoms with Crippen LogP contribution in [0.4, 0.5) is 4.39 Å². The molecule has 2 rings (SSSR count). The molecule has 3 nitrogen and oxygen atoms in total. The maximum Gasteiger partial charge on any atom is 0.220 e. The molecule has 0 aromatic heterocycles. The van der Waals surface area contributed by atoms with E-state index in [1.54, 1.807) is 12.1 Å². The minimum atomic E-state index is -0.174. The van der Waals surface area contributed by atoms with Crippen LogP contribution in [-0.2, 0) is 4.79 Å². The van der Waals surface area contributed by atoms with Crippen LogP contribution in [0.1, 0.15) is 64.5 Å². The van der Waals surface area contributed by atoms with Gasteiger partial charge in [-0.3, -0.25) is 4.79 Å². The number of carbonyl (C=O) groups excluding carboxylic acids is 1. The van der Waals surface area contributed by atoms with Crippen molar-refractivity contribution in [3.63, 3.8) is 0 Å². The highest BCUT2D eigenvalue weighted by molar-refractivity contribution is 5.76. The summed E-state index contributed by atoms with van der Waals surface area (Å²) in [6, 6.07) is 7.47. The first-order valence-electron chi connectivity index (χ1n) is 9.37. The monoisotopic (exact) mass is 348 g/mol. The van der Waals surface area contributed by atoms with Crippen molar-refractivity contribution >= 4 is 5.91 Å². The van der Waals surface area contributed by atoms with Crippen LogP contribution in [0.3, 0.4) is 0 Å². The standard InChI is InChI=1S/C21H33FN2O/c1-21(2,3)14-19(25)23-18-11-9-15(10-12-18)20(24(4)5)16-7-6-8-17(22)13-16/h6-8,13,15,18,20H,9-12,14H2,1-5H3,(H,23,25). The predicted molar refractivity (Wildman–Crippen MR) is 101 cm³/mol. The molecular weight excluding hydrogens is 315 g/mol. The van der Waals surface area contributed by atoms with Gasteiger partial charge in [0.15, 0.2) is 0 Å². The normalized spacial score (nSPS) is 22.7. The third-order valence-corrected chi connectivity index (χ3v) is 5.02. The fourth-order valence-corrected chi connectivity index (χ4v) is 4.02. The highest BCUT2D eigenvalue weighted by Crippen LogP contribution is 2.37. The van der Waals surface area contributed by atoms with Gasteiger partial charge < -0.3 is 10.2 Å². The van der Waals surface area contributed by atoms with Crippen molar-refractivity contribution in [1.29, 1.82) is 0 Å². The van der Waals surface area contributed by atoms with E-state index in [0.717, 1.165) is 31.2 Å². The molecule has 0 bridgehead atoms. The first-order chi connectivity index (χ1) is 11.7. The van der Waals surface area contributed by atoms with E-state index in [1.165, 1.54) is 6.07 Å². The van der Waals surface area contributed by atoms with Gasteiger partial charge in [0.05, 0.1) is 0 Å². The van der Waals surface area contributed by atoms with Gasteiger partial charge in [-0.15, -0.1) is 0 Å². The average molecular weight is 349 g/mol. The Hall–Kier alpha value is -1.42. The first kappa shape index (κ1) is 19.9. The number of rotatable bonds is 5. The fraction of sp³-hybridized carbons (Fsp3) is 0.667. The third-order valence-electron chi connectivity index (χ3n) is 5.02. The lowest BCUT2D eigenvalue weighted by atomic mass is 9.78. The minimum Gasteiger partial charge on any atom is -0.353 e. The molecule has 0 heterocycles. The van der Waals surface area contributed by atoms with Gasteiger partial charge in [-0.05, 0) is 68.8 Å². The molecule has 0 radical (unpaired) electrons. The Labute approximate surface area is 152 Å². The lowest BCUT2D eigenvalue weighted by molar-refractivity contribution is -0.123. The van der Waals surface area contributed by atoms with Crippen LogP contribution in [0.5, 0.6) is 0 Å². The van der Waals surface area contributed by atoms with Crippen LogP contribution in [0.15, 0.2) is 24.3 Å². The molecule has 1 aromatic rings. The van der Waals surface area contributed by atoms with E-state index in [1.807, 2.05) is 6.07 Å². The van der Waals surface area contributed by atoms with Gasteiger partial charge in [0.2, 0.25) is 5.91 Å². The summed E-state index contributed by atoms with van der Waals surface area (Å²) in [4.78, 5) is 14.3. The van der Waals surface area contributed by atoms with Gasteiger partial charge in [0.1, 0.15) is 5.82 Å². The number of halogens is 1. The predicted octanol–water partition coefficient (Wildman–Crippen LogP) is 4.54. The molecule has 1 aliphatic rings. The van der Waals surface area contributed by atoms with Crippen LogP contribution in [0.25, 0.3) is 0 Å². The van der Waals surface area contributed by atoms with Crippen molar-refractivity contribution in [1.82, 2.24) is 10.2 Å². The van der Waals surface area contributed by atoms with Crippen molar-refractivity contribution in [2.75, 3.05) is 14.1 Å². The Morgan fingerprint density at radius 2 is 1.88 bits per heavy atom. The zero-order chi connectivity index (χ0) is 18.6. The van der Waals surface area contributed by atoms with Crippen molar-refractivity contribution in [2.45, 2.75) is 65.0 Å². The Balaban J connectivity index is 1.94. The Morgan fingerprint density at radius 3 is 2.40 bits per heavy atom. The summed E-state index contributed by atoms with van der Waals surface area (Å²) in [6.07, 6.45) is 4.68. The van der Waals surface area contributed by atoms with Crippen LogP contribution in [0.2, 0.25) is 0 Å². The quantitative estimate of drug-likeness (QED) is 0.847. The number of hydrogen-bond acceptors (Lipinski definition) is 2. The van der Waals surface area contributed by atoms with E-state index in [0.29, 0.717) is 12.3 Å². The van der Waals surface area contributed by atoms with Crippen molar-refractivity contribution in [2.24, 2.45) is 11.3 Å². The Morgan fingerprint density at radius 1 is 1.24 bits per heavy atom. The van der Waals surface area contributed by atoms with E-state index in [4.69, 9.17) is 0 Å². The second-order valence-electron chi connectivity index (χ2n) is 8.88. The van der Waals surface area contributed by atoms with Crippen LogP contribution < -0.4 is 5.32 Å². The van der Waals surface area contributed by atoms with E-state index in [2.05, 4.69) is 45.1 Å². The molecule has 25 heavy (non-hydrogen) atoms. The van der Waals surface area contributed by atoms with Gasteiger partial charge in [-0.1, -0.05) is 32.9 Å². The van der Waals surface area contributed by atoms with Gasteiger partial charge in [-0.2, -0.15) is 0 Å². The zero-order valence-corrected chi connectivity index (χ0v) is 16.3. The highest BCUT2D eigenvalue weighted by Gasteiger charge is 2.31. The molecule has 140 valence electrons. The number of nitrogens with one attached hydrogen (secondary N) is 1. The summed E-state index contributed by atoms with van der Waals surface area (Å²) >= 11 is 0. The maximum atomic E-state index is 13.6. The Kier molecular flexibility index (Phi) is 6.61. The Bertz CT molecular complexity index is 572. The second kappa shape index (κ2) is 8.31. The van der Waals surface area contributed by atoms with Crippen molar-refractivity contribution in [3.05, 3.63) is 35.6 Å². The number of amides is 1. The fourth-order valence-electron chi connectivity index (χ4n) is 4.02. The SMILES string of the molecule is CN(C)C(c1cccc(F)c1)C1CCC(NC(=O)CC(C)(C)C)CC1. The summed E-state index contributed by atoms with van der Waals surface area (Å²) in [5, 5.41) is 3.20. The first-order valence-corrected chi connectivity index (χ1v) is 9.37. The molecule has 1 amide bonds. The number of benzene rings is 1. The van der Waals surface area contributed by atoms with E-state index in [-0.39, 0.29) is 29.2 Å². The highest BCUT2D eigenvalue weighted by atomic mass is 19.1. The molecule has 1 saturated carbocycles. The molecule has 1 aromatic carbocycles. The lowest BCUT2D eigenvalue weighted by Gasteiger charge is -2.38. The minimum absolute atomic E-state index is 0.0225. The van der Waals surface area contributed by atoms with E-state index < -0.39 is 0 Å². The molecule has 0 aliphatic heterocycles. The van der Waals surface area contributed by atoms with Crippen LogP contribution in [0, 0.1) is 17.2 Å². The second-order valence-corrected chi connectivity index (χ2v) is 8.88. The molecule has 1 N–H and O–H groups in total. The molecule has 0 spiro atoms. The molecule has 1 aliphatic carbocycles. The van der Waals surface area contributed by atoms with Gasteiger partial charge >= 0.3 is 0 Å². The summed E-state index contributed by atoms with van der Waals surface area (Å²) in [6.45, 7) is 6.26. The van der Waals surface area contributed by atoms with E-state index >= 15 is 0 Å². The average Bonchev–Trinajstić information content (AvgIpc) is 2.47. The zero-order valence-electron chi connectivity index (χ0n) is 16.3. The molecule has 1 atom stereocenters. The largest absolute Gasteiger partial charge is 0.353 e.